The second-order valence-corrected chi connectivity index (χ2v) is 11.7. The van der Waals surface area contributed by atoms with Crippen LogP contribution in [0.4, 0.5) is 0 Å². The van der Waals surface area contributed by atoms with Crippen molar-refractivity contribution >= 4 is 46.7 Å². The van der Waals surface area contributed by atoms with Gasteiger partial charge in [-0.2, -0.15) is 0 Å². The van der Waals surface area contributed by atoms with Crippen LogP contribution in [0.1, 0.15) is 64.9 Å². The maximum Gasteiger partial charge on any atom is 0.305 e. The Morgan fingerprint density at radius 2 is 1.68 bits per heavy atom. The Hall–Kier alpha value is -3.42. The number of unbranched alkanes of at least 4 members (excludes halogenated alkanes) is 1. The van der Waals surface area contributed by atoms with Crippen molar-refractivity contribution in [2.45, 2.75) is 71.0 Å². The molecule has 1 heterocycles. The van der Waals surface area contributed by atoms with Crippen molar-refractivity contribution in [3.05, 3.63) is 81.4 Å². The lowest BCUT2D eigenvalue weighted by molar-refractivity contribution is -0.137. The Balaban J connectivity index is 1.56. The van der Waals surface area contributed by atoms with Crippen molar-refractivity contribution in [3.8, 4) is 11.1 Å². The van der Waals surface area contributed by atoms with E-state index in [0.29, 0.717) is 34.2 Å². The highest BCUT2D eigenvalue weighted by Crippen LogP contribution is 2.36. The Morgan fingerprint density at radius 3 is 2.27 bits per heavy atom. The van der Waals surface area contributed by atoms with Crippen LogP contribution in [0.3, 0.4) is 0 Å². The number of rotatable bonds is 11. The number of aliphatic carboxylic acids is 1. The number of nitrogens with zero attached hydrogens (tertiary/aromatic N) is 2. The van der Waals surface area contributed by atoms with E-state index in [0.717, 1.165) is 41.5 Å². The number of carboxylic acid groups (broad SMARTS) is 1. The van der Waals surface area contributed by atoms with Gasteiger partial charge in [0.15, 0.2) is 0 Å². The lowest BCUT2D eigenvalue weighted by atomic mass is 9.88. The fourth-order valence-corrected chi connectivity index (χ4v) is 5.91. The van der Waals surface area contributed by atoms with Gasteiger partial charge in [-0.1, -0.05) is 79.4 Å². The van der Waals surface area contributed by atoms with Crippen molar-refractivity contribution in [1.29, 1.82) is 0 Å². The second kappa shape index (κ2) is 13.0. The number of carboxylic acids is 1. The van der Waals surface area contributed by atoms with E-state index in [1.165, 1.54) is 0 Å². The van der Waals surface area contributed by atoms with Crippen molar-refractivity contribution < 1.29 is 19.5 Å². The third kappa shape index (κ3) is 7.27. The van der Waals surface area contributed by atoms with E-state index in [4.69, 9.17) is 33.3 Å². The Morgan fingerprint density at radius 1 is 1.02 bits per heavy atom. The van der Waals surface area contributed by atoms with Gasteiger partial charge in [-0.15, -0.1) is 0 Å². The number of aliphatic imine (C=N–C) groups is 1. The molecule has 1 aliphatic heterocycles. The molecular weight excluding hydrogens is 561 g/mol. The normalized spacial score (nSPS) is 17.0. The van der Waals surface area contributed by atoms with Crippen LogP contribution in [-0.2, 0) is 14.4 Å². The van der Waals surface area contributed by atoms with Gasteiger partial charge in [0.25, 0.3) is 5.91 Å². The van der Waals surface area contributed by atoms with Gasteiger partial charge in [0.1, 0.15) is 11.4 Å². The summed E-state index contributed by atoms with van der Waals surface area (Å²) in [6.07, 6.45) is 7.51. The Kier molecular flexibility index (Phi) is 9.72. The number of allylic oxidation sites excluding steroid dienone is 2. The summed E-state index contributed by atoms with van der Waals surface area (Å²) in [7, 11) is 0. The number of nitrogens with one attached hydrogen (secondary N) is 1. The molecule has 0 radical (unpaired) electrons. The van der Waals surface area contributed by atoms with E-state index < -0.39 is 11.6 Å². The zero-order valence-electron chi connectivity index (χ0n) is 23.5. The molecule has 0 saturated carbocycles. The van der Waals surface area contributed by atoms with Crippen molar-refractivity contribution in [3.63, 3.8) is 0 Å². The standard InChI is InChI=1S/C32H35Cl2N3O4/c1-4-5-6-27(21-9-13-23(14-10-21)30(40)35-16-15-28(38)39)37-31(41)29(36-32(37,2)3)22-11-7-20(8-12-22)24-17-25(33)19-26(34)18-24/h7-9,11-13,17-19,27H,4-6,10,14-16H2,1-3H3,(H,35,40)(H,38,39). The highest BCUT2D eigenvalue weighted by atomic mass is 35.5. The van der Waals surface area contributed by atoms with E-state index >= 15 is 0 Å². The summed E-state index contributed by atoms with van der Waals surface area (Å²) in [6.45, 7) is 6.13. The molecule has 1 atom stereocenters. The van der Waals surface area contributed by atoms with Crippen molar-refractivity contribution in [2.24, 2.45) is 4.99 Å². The van der Waals surface area contributed by atoms with Crippen LogP contribution in [0.15, 0.2) is 70.8 Å². The number of amides is 2. The largest absolute Gasteiger partial charge is 0.481 e. The summed E-state index contributed by atoms with van der Waals surface area (Å²) in [4.78, 5) is 44.0. The average Bonchev–Trinajstić information content (AvgIpc) is 3.17. The van der Waals surface area contributed by atoms with Gasteiger partial charge in [-0.3, -0.25) is 19.4 Å². The topological polar surface area (TPSA) is 99.1 Å². The molecule has 1 unspecified atom stereocenters. The predicted octanol–water partition coefficient (Wildman–Crippen LogP) is 6.82. The highest BCUT2D eigenvalue weighted by Gasteiger charge is 2.45. The smallest absolute Gasteiger partial charge is 0.305 e. The van der Waals surface area contributed by atoms with E-state index in [-0.39, 0.29) is 30.8 Å². The van der Waals surface area contributed by atoms with Gasteiger partial charge in [-0.05, 0) is 68.0 Å². The van der Waals surface area contributed by atoms with Crippen LogP contribution >= 0.6 is 23.2 Å². The van der Waals surface area contributed by atoms with Crippen LogP contribution in [0.25, 0.3) is 11.1 Å². The van der Waals surface area contributed by atoms with Crippen LogP contribution < -0.4 is 5.32 Å². The first kappa shape index (κ1) is 30.5. The molecule has 7 nitrogen and oxygen atoms in total. The number of hydrogen-bond acceptors (Lipinski definition) is 4. The average molecular weight is 597 g/mol. The third-order valence-electron chi connectivity index (χ3n) is 7.42. The lowest BCUT2D eigenvalue weighted by Gasteiger charge is -2.39. The molecule has 41 heavy (non-hydrogen) atoms. The predicted molar refractivity (Wildman–Crippen MR) is 163 cm³/mol. The molecule has 0 fully saturated rings. The Bertz CT molecular complexity index is 1410. The molecule has 2 aromatic rings. The number of hydrogen-bond donors (Lipinski definition) is 2. The minimum absolute atomic E-state index is 0.0889. The fourth-order valence-electron chi connectivity index (χ4n) is 5.38. The molecule has 2 N–H and O–H groups in total. The van der Waals surface area contributed by atoms with Gasteiger partial charge in [0.05, 0.1) is 12.5 Å². The lowest BCUT2D eigenvalue weighted by Crippen LogP contribution is -2.50. The molecule has 2 aliphatic rings. The summed E-state index contributed by atoms with van der Waals surface area (Å²) in [6, 6.07) is 12.9. The van der Waals surface area contributed by atoms with Crippen molar-refractivity contribution in [1.82, 2.24) is 10.2 Å². The van der Waals surface area contributed by atoms with Gasteiger partial charge >= 0.3 is 5.97 Å². The molecule has 0 aromatic heterocycles. The van der Waals surface area contributed by atoms with E-state index in [2.05, 4.69) is 12.2 Å². The number of carbonyl (C=O) groups is 3. The highest BCUT2D eigenvalue weighted by molar-refractivity contribution is 6.46. The Labute approximate surface area is 250 Å². The van der Waals surface area contributed by atoms with Gasteiger partial charge in [0.2, 0.25) is 5.91 Å². The van der Waals surface area contributed by atoms with Gasteiger partial charge in [-0.25, -0.2) is 0 Å². The number of carbonyl (C=O) groups excluding carboxylic acids is 2. The zero-order valence-corrected chi connectivity index (χ0v) is 25.1. The number of halogens is 2. The van der Waals surface area contributed by atoms with Crippen LogP contribution in [0.5, 0.6) is 0 Å². The molecule has 2 amide bonds. The summed E-state index contributed by atoms with van der Waals surface area (Å²) >= 11 is 12.4. The first-order valence-electron chi connectivity index (χ1n) is 13.9. The number of benzene rings is 2. The van der Waals surface area contributed by atoms with E-state index in [9.17, 15) is 14.4 Å². The minimum atomic E-state index is -0.953. The molecular formula is C32H35Cl2N3O4. The molecule has 216 valence electrons. The van der Waals surface area contributed by atoms with Crippen LogP contribution in [0.2, 0.25) is 10.0 Å². The van der Waals surface area contributed by atoms with E-state index in [1.807, 2.05) is 61.2 Å². The molecule has 0 bridgehead atoms. The maximum absolute atomic E-state index is 14.0. The van der Waals surface area contributed by atoms with E-state index in [1.54, 1.807) is 12.1 Å². The molecule has 0 spiro atoms. The summed E-state index contributed by atoms with van der Waals surface area (Å²) < 4.78 is 0. The zero-order chi connectivity index (χ0) is 29.7. The van der Waals surface area contributed by atoms with Crippen molar-refractivity contribution in [2.75, 3.05) is 6.54 Å². The van der Waals surface area contributed by atoms with Crippen LogP contribution in [-0.4, -0.2) is 51.8 Å². The summed E-state index contributed by atoms with van der Waals surface area (Å²) in [5.41, 5.74) is 3.95. The first-order chi connectivity index (χ1) is 19.5. The third-order valence-corrected chi connectivity index (χ3v) is 7.86. The first-order valence-corrected chi connectivity index (χ1v) is 14.7. The van der Waals surface area contributed by atoms with Gasteiger partial charge in [0, 0.05) is 27.7 Å². The molecule has 1 aliphatic carbocycles. The SMILES string of the molecule is CCCCC(C1=CC=C(C(=O)NCCC(=O)O)CC1)N1C(=O)C(c2ccc(-c3cc(Cl)cc(Cl)c3)cc2)=NC1(C)C. The quantitative estimate of drug-likeness (QED) is 0.297. The summed E-state index contributed by atoms with van der Waals surface area (Å²) in [5, 5.41) is 12.6. The molecule has 2 aromatic carbocycles. The fraction of sp³-hybridized carbons (Fsp3) is 0.375. The summed E-state index contributed by atoms with van der Waals surface area (Å²) in [5.74, 6) is -1.32. The van der Waals surface area contributed by atoms with Crippen LogP contribution in [0, 0.1) is 0 Å². The monoisotopic (exact) mass is 595 g/mol. The second-order valence-electron chi connectivity index (χ2n) is 10.9. The molecule has 4 rings (SSSR count). The maximum atomic E-state index is 14.0. The molecule has 0 saturated heterocycles. The minimum Gasteiger partial charge on any atom is -0.481 e. The molecule has 9 heteroatoms. The van der Waals surface area contributed by atoms with Gasteiger partial charge < -0.3 is 15.3 Å².